The summed E-state index contributed by atoms with van der Waals surface area (Å²) in [7, 11) is 0. The van der Waals surface area contributed by atoms with Crippen molar-refractivity contribution in [2.75, 3.05) is 26.2 Å². The molecule has 94 valence electrons. The van der Waals surface area contributed by atoms with Crippen molar-refractivity contribution in [2.24, 2.45) is 0 Å². The van der Waals surface area contributed by atoms with E-state index in [1.54, 1.807) is 4.90 Å². The lowest BCUT2D eigenvalue weighted by molar-refractivity contribution is -0.137. The van der Waals surface area contributed by atoms with Gasteiger partial charge in [-0.15, -0.1) is 0 Å². The molecule has 0 aromatic rings. The van der Waals surface area contributed by atoms with E-state index in [1.807, 2.05) is 12.2 Å². The molecule has 7 heteroatoms. The average Bonchev–Trinajstić information content (AvgIpc) is 2.34. The average molecular weight is 241 g/mol. The zero-order valence-corrected chi connectivity index (χ0v) is 9.31. The summed E-state index contributed by atoms with van der Waals surface area (Å²) < 4.78 is 0. The minimum atomic E-state index is -1.12. The molecule has 17 heavy (non-hydrogen) atoms. The molecule has 7 nitrogen and oxygen atoms in total. The third-order valence-electron chi connectivity index (χ3n) is 2.18. The number of urea groups is 1. The SMILES string of the molecule is O=C(O)CNC(=O)CNC(=O)N1CC=CCC1. The van der Waals surface area contributed by atoms with Gasteiger partial charge in [-0.1, -0.05) is 12.2 Å². The van der Waals surface area contributed by atoms with E-state index in [9.17, 15) is 14.4 Å². The lowest BCUT2D eigenvalue weighted by atomic mass is 10.3. The second-order valence-electron chi connectivity index (χ2n) is 3.54. The van der Waals surface area contributed by atoms with Crippen LogP contribution in [0.2, 0.25) is 0 Å². The number of rotatable bonds is 4. The Hall–Kier alpha value is -2.05. The molecule has 0 unspecified atom stereocenters. The summed E-state index contributed by atoms with van der Waals surface area (Å²) in [6.45, 7) is 0.495. The van der Waals surface area contributed by atoms with E-state index < -0.39 is 18.4 Å². The summed E-state index contributed by atoms with van der Waals surface area (Å²) in [6.07, 6.45) is 4.68. The fraction of sp³-hybridized carbons (Fsp3) is 0.500. The van der Waals surface area contributed by atoms with E-state index in [4.69, 9.17) is 5.11 Å². The molecule has 0 bridgehead atoms. The van der Waals surface area contributed by atoms with Crippen molar-refractivity contribution in [1.29, 1.82) is 0 Å². The molecule has 3 N–H and O–H groups in total. The predicted molar refractivity (Wildman–Crippen MR) is 59.4 cm³/mol. The van der Waals surface area contributed by atoms with Gasteiger partial charge >= 0.3 is 12.0 Å². The lowest BCUT2D eigenvalue weighted by Crippen LogP contribution is -2.46. The molecule has 3 amide bonds. The quantitative estimate of drug-likeness (QED) is 0.559. The molecule has 0 saturated carbocycles. The zero-order chi connectivity index (χ0) is 12.7. The van der Waals surface area contributed by atoms with Crippen LogP contribution in [0.25, 0.3) is 0 Å². The fourth-order valence-electron chi connectivity index (χ4n) is 1.33. The van der Waals surface area contributed by atoms with Crippen molar-refractivity contribution in [3.05, 3.63) is 12.2 Å². The summed E-state index contributed by atoms with van der Waals surface area (Å²) in [6, 6.07) is -0.320. The Balaban J connectivity index is 2.20. The molecule has 0 aliphatic carbocycles. The lowest BCUT2D eigenvalue weighted by Gasteiger charge is -2.23. The van der Waals surface area contributed by atoms with Crippen LogP contribution in [0.4, 0.5) is 4.79 Å². The molecule has 0 fully saturated rings. The smallest absolute Gasteiger partial charge is 0.322 e. The van der Waals surface area contributed by atoms with E-state index in [2.05, 4.69) is 10.6 Å². The van der Waals surface area contributed by atoms with Gasteiger partial charge in [-0.2, -0.15) is 0 Å². The number of carboxylic acid groups (broad SMARTS) is 1. The fourth-order valence-corrected chi connectivity index (χ4v) is 1.33. The van der Waals surface area contributed by atoms with Crippen molar-refractivity contribution < 1.29 is 19.5 Å². The van der Waals surface area contributed by atoms with Gasteiger partial charge in [0, 0.05) is 13.1 Å². The maximum absolute atomic E-state index is 11.5. The van der Waals surface area contributed by atoms with Crippen LogP contribution in [0.15, 0.2) is 12.2 Å². The molecule has 1 aliphatic heterocycles. The summed E-state index contributed by atoms with van der Waals surface area (Å²) in [4.78, 5) is 34.4. The van der Waals surface area contributed by atoms with E-state index in [0.717, 1.165) is 6.42 Å². The van der Waals surface area contributed by atoms with Gasteiger partial charge in [-0.3, -0.25) is 9.59 Å². The number of aliphatic carboxylic acids is 1. The largest absolute Gasteiger partial charge is 0.480 e. The topological polar surface area (TPSA) is 98.7 Å². The van der Waals surface area contributed by atoms with Gasteiger partial charge in [0.2, 0.25) is 5.91 Å². The number of amides is 3. The predicted octanol–water partition coefficient (Wildman–Crippen LogP) is -0.841. The Morgan fingerprint density at radius 2 is 1.94 bits per heavy atom. The summed E-state index contributed by atoms with van der Waals surface area (Å²) in [5.74, 6) is -1.64. The maximum atomic E-state index is 11.5. The molecule has 1 aliphatic rings. The highest BCUT2D eigenvalue weighted by atomic mass is 16.4. The molecule has 0 spiro atoms. The minimum absolute atomic E-state index is 0.216. The maximum Gasteiger partial charge on any atom is 0.322 e. The molecule has 0 aromatic carbocycles. The molecule has 0 atom stereocenters. The van der Waals surface area contributed by atoms with Crippen molar-refractivity contribution >= 4 is 17.9 Å². The first-order valence-corrected chi connectivity index (χ1v) is 5.26. The number of nitrogens with zero attached hydrogens (tertiary/aromatic N) is 1. The Morgan fingerprint density at radius 3 is 2.53 bits per heavy atom. The number of hydrogen-bond donors (Lipinski definition) is 3. The second-order valence-corrected chi connectivity index (χ2v) is 3.54. The number of nitrogens with one attached hydrogen (secondary N) is 2. The normalized spacial score (nSPS) is 14.2. The van der Waals surface area contributed by atoms with Gasteiger partial charge in [-0.25, -0.2) is 4.79 Å². The Kier molecular flexibility index (Phi) is 4.99. The Bertz CT molecular complexity index is 340. The van der Waals surface area contributed by atoms with Crippen LogP contribution in [-0.2, 0) is 9.59 Å². The molecule has 1 rings (SSSR count). The number of hydrogen-bond acceptors (Lipinski definition) is 3. The Morgan fingerprint density at radius 1 is 1.18 bits per heavy atom. The van der Waals surface area contributed by atoms with Crippen molar-refractivity contribution in [3.8, 4) is 0 Å². The van der Waals surface area contributed by atoms with Crippen LogP contribution in [0.3, 0.4) is 0 Å². The molecule has 1 heterocycles. The molecule has 0 radical (unpaired) electrons. The Labute approximate surface area is 98.5 Å². The molecular formula is C10H15N3O4. The number of carbonyl (C=O) groups is 3. The standard InChI is InChI=1S/C10H15N3O4/c14-8(11-7-9(15)16)6-12-10(17)13-4-2-1-3-5-13/h1-2H,3-7H2,(H,11,14)(H,12,17)(H,15,16). The third-order valence-corrected chi connectivity index (χ3v) is 2.18. The van der Waals surface area contributed by atoms with E-state index >= 15 is 0 Å². The first-order valence-electron chi connectivity index (χ1n) is 5.26. The van der Waals surface area contributed by atoms with Gasteiger partial charge in [0.05, 0.1) is 6.54 Å². The summed E-state index contributed by atoms with van der Waals surface area (Å²) in [5.41, 5.74) is 0. The molecular weight excluding hydrogens is 226 g/mol. The van der Waals surface area contributed by atoms with Gasteiger partial charge < -0.3 is 20.6 Å². The second kappa shape index (κ2) is 6.51. The van der Waals surface area contributed by atoms with Gasteiger partial charge in [0.1, 0.15) is 6.54 Å². The van der Waals surface area contributed by atoms with E-state index in [-0.39, 0.29) is 12.6 Å². The van der Waals surface area contributed by atoms with Crippen molar-refractivity contribution in [2.45, 2.75) is 6.42 Å². The van der Waals surface area contributed by atoms with E-state index in [1.165, 1.54) is 0 Å². The summed E-state index contributed by atoms with van der Waals surface area (Å²) in [5, 5.41) is 12.9. The summed E-state index contributed by atoms with van der Waals surface area (Å²) >= 11 is 0. The van der Waals surface area contributed by atoms with Crippen LogP contribution in [0, 0.1) is 0 Å². The van der Waals surface area contributed by atoms with Crippen LogP contribution in [0.5, 0.6) is 0 Å². The van der Waals surface area contributed by atoms with Gasteiger partial charge in [0.15, 0.2) is 0 Å². The van der Waals surface area contributed by atoms with E-state index in [0.29, 0.717) is 13.1 Å². The highest BCUT2D eigenvalue weighted by molar-refractivity contribution is 5.86. The molecule has 0 aromatic heterocycles. The van der Waals surface area contributed by atoms with Crippen molar-refractivity contribution in [1.82, 2.24) is 15.5 Å². The first kappa shape index (κ1) is 13.0. The third kappa shape index (κ3) is 5.01. The van der Waals surface area contributed by atoms with Crippen LogP contribution in [0.1, 0.15) is 6.42 Å². The highest BCUT2D eigenvalue weighted by Gasteiger charge is 2.14. The van der Waals surface area contributed by atoms with Crippen LogP contribution >= 0.6 is 0 Å². The van der Waals surface area contributed by atoms with Crippen LogP contribution in [-0.4, -0.2) is 54.1 Å². The van der Waals surface area contributed by atoms with Gasteiger partial charge in [-0.05, 0) is 6.42 Å². The van der Waals surface area contributed by atoms with Crippen LogP contribution < -0.4 is 10.6 Å². The number of carboxylic acids is 1. The minimum Gasteiger partial charge on any atom is -0.480 e. The molecule has 0 saturated heterocycles. The zero-order valence-electron chi connectivity index (χ0n) is 9.31. The van der Waals surface area contributed by atoms with Crippen molar-refractivity contribution in [3.63, 3.8) is 0 Å². The number of carbonyl (C=O) groups excluding carboxylic acids is 2. The first-order chi connectivity index (χ1) is 8.09. The van der Waals surface area contributed by atoms with Gasteiger partial charge in [0.25, 0.3) is 0 Å². The highest BCUT2D eigenvalue weighted by Crippen LogP contribution is 2.00. The monoisotopic (exact) mass is 241 g/mol.